The van der Waals surface area contributed by atoms with Crippen LogP contribution >= 0.6 is 0 Å². The Morgan fingerprint density at radius 1 is 1.04 bits per heavy atom. The lowest BCUT2D eigenvalue weighted by Crippen LogP contribution is -2.25. The van der Waals surface area contributed by atoms with E-state index in [1.165, 1.54) is 5.57 Å². The van der Waals surface area contributed by atoms with Crippen LogP contribution < -0.4 is 4.74 Å². The van der Waals surface area contributed by atoms with Crippen LogP contribution in [0.1, 0.15) is 54.0 Å². The van der Waals surface area contributed by atoms with E-state index in [0.29, 0.717) is 17.6 Å². The molecule has 0 unspecified atom stereocenters. The molecular weight excluding hydrogens is 288 g/mol. The van der Waals surface area contributed by atoms with Crippen molar-refractivity contribution in [3.05, 3.63) is 35.4 Å². The van der Waals surface area contributed by atoms with Crippen molar-refractivity contribution in [1.82, 2.24) is 0 Å². The van der Waals surface area contributed by atoms with Gasteiger partial charge in [-0.15, -0.1) is 0 Å². The summed E-state index contributed by atoms with van der Waals surface area (Å²) in [6.07, 6.45) is 0. The Hall–Kier alpha value is -1.77. The first-order valence-electron chi connectivity index (χ1n) is 8.18. The number of hydrogen-bond donors (Lipinski definition) is 0. The van der Waals surface area contributed by atoms with Crippen LogP contribution in [0.25, 0.3) is 5.76 Å². The van der Waals surface area contributed by atoms with Gasteiger partial charge in [0.15, 0.2) is 0 Å². The first-order chi connectivity index (χ1) is 10.6. The predicted octanol–water partition coefficient (Wildman–Crippen LogP) is 5.31. The largest absolute Gasteiger partial charge is 0.496 e. The molecule has 23 heavy (non-hydrogen) atoms. The van der Waals surface area contributed by atoms with Gasteiger partial charge in [-0.1, -0.05) is 39.8 Å². The minimum absolute atomic E-state index is 0.245. The minimum atomic E-state index is -0.531. The normalized spacial score (nSPS) is 11.6. The number of rotatable bonds is 5. The molecule has 0 radical (unpaired) electrons. The molecule has 0 fully saturated rings. The van der Waals surface area contributed by atoms with Gasteiger partial charge in [0, 0.05) is 5.56 Å². The molecule has 0 atom stereocenters. The van der Waals surface area contributed by atoms with Crippen molar-refractivity contribution < 1.29 is 14.3 Å². The zero-order valence-corrected chi connectivity index (χ0v) is 15.7. The number of methoxy groups -OCH3 is 1. The molecule has 0 amide bonds. The number of carbonyl (C=O) groups excluding carboxylic acids is 1. The summed E-state index contributed by atoms with van der Waals surface area (Å²) in [4.78, 5) is 12.1. The molecule has 1 rings (SSSR count). The van der Waals surface area contributed by atoms with E-state index in [2.05, 4.69) is 27.7 Å². The van der Waals surface area contributed by atoms with Crippen LogP contribution in [0, 0.1) is 17.3 Å². The van der Waals surface area contributed by atoms with Crippen LogP contribution in [0.15, 0.2) is 29.8 Å². The van der Waals surface area contributed by atoms with Gasteiger partial charge in [0.1, 0.15) is 11.5 Å². The third-order valence-electron chi connectivity index (χ3n) is 3.63. The molecule has 0 aliphatic heterocycles. The summed E-state index contributed by atoms with van der Waals surface area (Å²) in [5.74, 6) is 1.93. The predicted molar refractivity (Wildman–Crippen MR) is 95.1 cm³/mol. The highest BCUT2D eigenvalue weighted by Crippen LogP contribution is 2.32. The first kappa shape index (κ1) is 19.3. The van der Waals surface area contributed by atoms with E-state index in [4.69, 9.17) is 9.47 Å². The molecule has 1 aromatic rings. The highest BCUT2D eigenvalue weighted by molar-refractivity contribution is 5.78. The molecule has 0 aromatic heterocycles. The second-order valence-electron chi connectivity index (χ2n) is 7.47. The Labute approximate surface area is 140 Å². The molecule has 0 spiro atoms. The van der Waals surface area contributed by atoms with Gasteiger partial charge in [0.2, 0.25) is 0 Å². The quantitative estimate of drug-likeness (QED) is 0.419. The van der Waals surface area contributed by atoms with Crippen molar-refractivity contribution in [1.29, 1.82) is 0 Å². The summed E-state index contributed by atoms with van der Waals surface area (Å²) in [5, 5.41) is 0. The lowest BCUT2D eigenvalue weighted by atomic mass is 9.89. The summed E-state index contributed by atoms with van der Waals surface area (Å²) in [7, 11) is 1.69. The Kier molecular flexibility index (Phi) is 6.43. The van der Waals surface area contributed by atoms with Crippen LogP contribution in [0.2, 0.25) is 0 Å². The molecule has 3 heteroatoms. The van der Waals surface area contributed by atoms with Crippen molar-refractivity contribution in [2.45, 2.75) is 48.5 Å². The van der Waals surface area contributed by atoms with Crippen molar-refractivity contribution in [3.63, 3.8) is 0 Å². The highest BCUT2D eigenvalue weighted by Gasteiger charge is 2.24. The zero-order chi connectivity index (χ0) is 17.8. The minimum Gasteiger partial charge on any atom is -0.496 e. The van der Waals surface area contributed by atoms with Gasteiger partial charge in [0.25, 0.3) is 0 Å². The third-order valence-corrected chi connectivity index (χ3v) is 3.63. The summed E-state index contributed by atoms with van der Waals surface area (Å²) < 4.78 is 11.2. The van der Waals surface area contributed by atoms with Crippen molar-refractivity contribution >= 4 is 11.7 Å². The van der Waals surface area contributed by atoms with E-state index in [1.54, 1.807) is 13.2 Å². The smallest absolute Gasteiger partial charge is 0.316 e. The van der Waals surface area contributed by atoms with Crippen LogP contribution in [-0.4, -0.2) is 13.1 Å². The van der Waals surface area contributed by atoms with Crippen molar-refractivity contribution in [3.8, 4) is 5.75 Å². The lowest BCUT2D eigenvalue weighted by molar-refractivity contribution is -0.142. The van der Waals surface area contributed by atoms with Gasteiger partial charge in [-0.25, -0.2) is 0 Å². The fourth-order valence-corrected chi connectivity index (χ4v) is 2.55. The number of ether oxygens (including phenoxy) is 2. The fourth-order valence-electron chi connectivity index (χ4n) is 2.55. The van der Waals surface area contributed by atoms with E-state index in [1.807, 2.05) is 39.0 Å². The monoisotopic (exact) mass is 318 g/mol. The summed E-state index contributed by atoms with van der Waals surface area (Å²) >= 11 is 0. The number of allylic oxidation sites excluding steroid dienone is 1. The molecule has 0 heterocycles. The maximum Gasteiger partial charge on any atom is 0.316 e. The lowest BCUT2D eigenvalue weighted by Gasteiger charge is -2.21. The van der Waals surface area contributed by atoms with Gasteiger partial charge in [-0.3, -0.25) is 4.79 Å². The van der Waals surface area contributed by atoms with E-state index in [9.17, 15) is 4.79 Å². The average Bonchev–Trinajstić information content (AvgIpc) is 2.42. The summed E-state index contributed by atoms with van der Waals surface area (Å²) in [6.45, 7) is 14.2. The van der Waals surface area contributed by atoms with Gasteiger partial charge in [-0.2, -0.15) is 0 Å². The van der Waals surface area contributed by atoms with E-state index < -0.39 is 5.41 Å². The van der Waals surface area contributed by atoms with Crippen LogP contribution in [0.4, 0.5) is 0 Å². The second-order valence-corrected chi connectivity index (χ2v) is 7.47. The van der Waals surface area contributed by atoms with Crippen LogP contribution in [-0.2, 0) is 9.53 Å². The van der Waals surface area contributed by atoms with Crippen LogP contribution in [0.5, 0.6) is 5.75 Å². The fraction of sp³-hybridized carbons (Fsp3) is 0.550. The second kappa shape index (κ2) is 7.67. The highest BCUT2D eigenvalue weighted by atomic mass is 16.5. The molecule has 0 bridgehead atoms. The number of esters is 1. The van der Waals surface area contributed by atoms with E-state index >= 15 is 0 Å². The van der Waals surface area contributed by atoms with Crippen molar-refractivity contribution in [2.24, 2.45) is 17.3 Å². The van der Waals surface area contributed by atoms with E-state index in [0.717, 1.165) is 11.3 Å². The van der Waals surface area contributed by atoms with Gasteiger partial charge < -0.3 is 9.47 Å². The van der Waals surface area contributed by atoms with Crippen molar-refractivity contribution in [2.75, 3.05) is 7.11 Å². The van der Waals surface area contributed by atoms with Gasteiger partial charge >= 0.3 is 5.97 Å². The molecule has 0 N–H and O–H groups in total. The molecule has 0 aliphatic rings. The Bertz CT molecular complexity index is 565. The molecular formula is C20H30O3. The molecule has 0 saturated heterocycles. The molecule has 0 saturated carbocycles. The zero-order valence-electron chi connectivity index (χ0n) is 15.7. The molecule has 1 aromatic carbocycles. The number of carbonyl (C=O) groups is 1. The van der Waals surface area contributed by atoms with E-state index in [-0.39, 0.29) is 5.97 Å². The maximum atomic E-state index is 12.1. The average molecular weight is 318 g/mol. The summed E-state index contributed by atoms with van der Waals surface area (Å²) in [5.41, 5.74) is 1.66. The number of benzene rings is 1. The van der Waals surface area contributed by atoms with Crippen LogP contribution in [0.3, 0.4) is 0 Å². The summed E-state index contributed by atoms with van der Waals surface area (Å²) in [6, 6.07) is 7.54. The third kappa shape index (κ3) is 5.12. The standard InChI is InChI=1S/C20H30O3/c1-13(2)17(14(3)4)18(22-8)15-10-9-11-16(12-15)23-19(21)20(5,6)7/h9-14H,1-8H3. The first-order valence-corrected chi connectivity index (χ1v) is 8.18. The maximum absolute atomic E-state index is 12.1. The Balaban J connectivity index is 3.25. The molecule has 0 aliphatic carbocycles. The number of hydrogen-bond acceptors (Lipinski definition) is 3. The molecule has 128 valence electrons. The SMILES string of the molecule is COC(=C(C(C)C)C(C)C)c1cccc(OC(=O)C(C)(C)C)c1. The van der Waals surface area contributed by atoms with Gasteiger partial charge in [-0.05, 0) is 50.3 Å². The Morgan fingerprint density at radius 3 is 2.04 bits per heavy atom. The molecule has 3 nitrogen and oxygen atoms in total. The van der Waals surface area contributed by atoms with Gasteiger partial charge in [0.05, 0.1) is 12.5 Å². The Morgan fingerprint density at radius 2 is 1.61 bits per heavy atom. The topological polar surface area (TPSA) is 35.5 Å².